The maximum absolute atomic E-state index is 13.2. The predicted octanol–water partition coefficient (Wildman–Crippen LogP) is 4.13. The SMILES string of the molecule is CCNC(=O)O[C@@H]1Cc2ccc(-c3cc(=O)c4cc(-c5cnco5)c(OC)cc4[nH]3)cc2C1N(C)C. The van der Waals surface area contributed by atoms with E-state index in [0.717, 1.165) is 16.7 Å². The van der Waals surface area contributed by atoms with Crippen molar-refractivity contribution in [1.82, 2.24) is 20.2 Å². The Morgan fingerprint density at radius 1 is 1.25 bits per heavy atom. The molecule has 2 N–H and O–H groups in total. The Labute approximate surface area is 208 Å². The molecule has 1 unspecified atom stereocenters. The average molecular weight is 489 g/mol. The van der Waals surface area contributed by atoms with Crippen LogP contribution in [0.4, 0.5) is 4.79 Å². The molecule has 2 heterocycles. The summed E-state index contributed by atoms with van der Waals surface area (Å²) in [6, 6.07) is 11.1. The van der Waals surface area contributed by atoms with E-state index in [9.17, 15) is 9.59 Å². The van der Waals surface area contributed by atoms with Gasteiger partial charge < -0.3 is 24.2 Å². The number of nitrogens with zero attached hydrogens (tertiary/aromatic N) is 2. The third-order valence-electron chi connectivity index (χ3n) is 6.53. The number of carbonyl (C=O) groups is 1. The molecular formula is C27H28N4O5. The zero-order chi connectivity index (χ0) is 25.4. The summed E-state index contributed by atoms with van der Waals surface area (Å²) in [5, 5.41) is 3.22. The molecule has 4 aromatic rings. The van der Waals surface area contributed by atoms with E-state index in [0.29, 0.717) is 46.6 Å². The summed E-state index contributed by atoms with van der Waals surface area (Å²) in [5.74, 6) is 1.09. The van der Waals surface area contributed by atoms with Crippen LogP contribution >= 0.6 is 0 Å². The van der Waals surface area contributed by atoms with E-state index in [4.69, 9.17) is 13.9 Å². The molecule has 0 radical (unpaired) electrons. The molecule has 0 aliphatic heterocycles. The first-order valence-corrected chi connectivity index (χ1v) is 11.8. The van der Waals surface area contributed by atoms with Gasteiger partial charge in [0.15, 0.2) is 17.6 Å². The Balaban J connectivity index is 1.54. The second-order valence-corrected chi connectivity index (χ2v) is 9.01. The summed E-state index contributed by atoms with van der Waals surface area (Å²) in [4.78, 5) is 34.7. The number of fused-ring (bicyclic) bond motifs is 2. The molecule has 0 saturated carbocycles. The molecule has 0 bridgehead atoms. The summed E-state index contributed by atoms with van der Waals surface area (Å²) in [6.45, 7) is 2.37. The van der Waals surface area contributed by atoms with Crippen molar-refractivity contribution in [2.45, 2.75) is 25.5 Å². The highest BCUT2D eigenvalue weighted by Crippen LogP contribution is 2.39. The van der Waals surface area contributed by atoms with Crippen LogP contribution in [0.5, 0.6) is 5.75 Å². The first-order chi connectivity index (χ1) is 17.4. The largest absolute Gasteiger partial charge is 0.496 e. The third-order valence-corrected chi connectivity index (χ3v) is 6.53. The summed E-state index contributed by atoms with van der Waals surface area (Å²) in [5.41, 5.74) is 4.94. The predicted molar refractivity (Wildman–Crippen MR) is 136 cm³/mol. The van der Waals surface area contributed by atoms with Gasteiger partial charge in [-0.05, 0) is 49.8 Å². The van der Waals surface area contributed by atoms with Gasteiger partial charge in [-0.2, -0.15) is 0 Å². The molecular weight excluding hydrogens is 460 g/mol. The van der Waals surface area contributed by atoms with Gasteiger partial charge >= 0.3 is 6.09 Å². The van der Waals surface area contributed by atoms with E-state index >= 15 is 0 Å². The number of methoxy groups -OCH3 is 1. The Hall–Kier alpha value is -4.11. The Bertz CT molecular complexity index is 1480. The maximum Gasteiger partial charge on any atom is 0.407 e. The fourth-order valence-electron chi connectivity index (χ4n) is 4.94. The number of aromatic nitrogens is 2. The number of aromatic amines is 1. The van der Waals surface area contributed by atoms with Crippen LogP contribution in [-0.4, -0.2) is 54.8 Å². The van der Waals surface area contributed by atoms with E-state index in [2.05, 4.69) is 26.3 Å². The van der Waals surface area contributed by atoms with E-state index in [1.54, 1.807) is 31.5 Å². The lowest BCUT2D eigenvalue weighted by Gasteiger charge is -2.27. The topological polar surface area (TPSA) is 110 Å². The summed E-state index contributed by atoms with van der Waals surface area (Å²) in [6.07, 6.45) is 2.84. The van der Waals surface area contributed by atoms with Crippen molar-refractivity contribution in [3.8, 4) is 28.3 Å². The van der Waals surface area contributed by atoms with Gasteiger partial charge in [-0.15, -0.1) is 0 Å². The molecule has 5 rings (SSSR count). The molecule has 2 atom stereocenters. The van der Waals surface area contributed by atoms with Gasteiger partial charge in [-0.3, -0.25) is 9.69 Å². The number of pyridine rings is 1. The zero-order valence-corrected chi connectivity index (χ0v) is 20.6. The normalized spacial score (nSPS) is 16.8. The lowest BCUT2D eigenvalue weighted by molar-refractivity contribution is 0.0538. The van der Waals surface area contributed by atoms with Crippen LogP contribution in [-0.2, 0) is 11.2 Å². The van der Waals surface area contributed by atoms with E-state index in [1.165, 1.54) is 6.39 Å². The number of hydrogen-bond donors (Lipinski definition) is 2. The van der Waals surface area contributed by atoms with Crippen LogP contribution in [0.1, 0.15) is 24.1 Å². The highest BCUT2D eigenvalue weighted by Gasteiger charge is 2.37. The Morgan fingerprint density at radius 3 is 2.78 bits per heavy atom. The number of rotatable bonds is 6. The van der Waals surface area contributed by atoms with Crippen LogP contribution in [0.25, 0.3) is 33.5 Å². The number of carbonyl (C=O) groups excluding carboxylic acids is 1. The van der Waals surface area contributed by atoms with Crippen LogP contribution in [0.2, 0.25) is 0 Å². The molecule has 0 fully saturated rings. The highest BCUT2D eigenvalue weighted by atomic mass is 16.6. The molecule has 2 aromatic heterocycles. The minimum absolute atomic E-state index is 0.0979. The molecule has 1 amide bonds. The van der Waals surface area contributed by atoms with E-state index in [-0.39, 0.29) is 17.6 Å². The van der Waals surface area contributed by atoms with Gasteiger partial charge in [0, 0.05) is 36.2 Å². The molecule has 9 heteroatoms. The number of H-pyrrole nitrogens is 1. The van der Waals surface area contributed by atoms with Gasteiger partial charge in [-0.25, -0.2) is 9.78 Å². The first-order valence-electron chi connectivity index (χ1n) is 11.8. The van der Waals surface area contributed by atoms with Crippen molar-refractivity contribution in [3.63, 3.8) is 0 Å². The van der Waals surface area contributed by atoms with Crippen LogP contribution in [0, 0.1) is 0 Å². The number of hydrogen-bond acceptors (Lipinski definition) is 7. The minimum atomic E-state index is -0.417. The third kappa shape index (κ3) is 4.22. The number of benzene rings is 2. The van der Waals surface area contributed by atoms with Crippen LogP contribution < -0.4 is 15.5 Å². The van der Waals surface area contributed by atoms with Crippen molar-refractivity contribution in [2.75, 3.05) is 27.7 Å². The monoisotopic (exact) mass is 488 g/mol. The van der Waals surface area contributed by atoms with Crippen molar-refractivity contribution < 1.29 is 18.7 Å². The molecule has 1 aliphatic carbocycles. The van der Waals surface area contributed by atoms with Crippen molar-refractivity contribution >= 4 is 17.0 Å². The van der Waals surface area contributed by atoms with Gasteiger partial charge in [-0.1, -0.05) is 12.1 Å². The number of nitrogens with one attached hydrogen (secondary N) is 2. The molecule has 0 saturated heterocycles. The fourth-order valence-corrected chi connectivity index (χ4v) is 4.94. The van der Waals surface area contributed by atoms with Crippen molar-refractivity contribution in [1.29, 1.82) is 0 Å². The van der Waals surface area contributed by atoms with Gasteiger partial charge in [0.2, 0.25) is 0 Å². The van der Waals surface area contributed by atoms with Crippen LogP contribution in [0.3, 0.4) is 0 Å². The zero-order valence-electron chi connectivity index (χ0n) is 20.6. The lowest BCUT2D eigenvalue weighted by atomic mass is 10.0. The van der Waals surface area contributed by atoms with Gasteiger partial charge in [0.25, 0.3) is 0 Å². The van der Waals surface area contributed by atoms with Crippen molar-refractivity contribution in [2.24, 2.45) is 0 Å². The Morgan fingerprint density at radius 2 is 2.08 bits per heavy atom. The number of likely N-dealkylation sites (N-methyl/N-ethyl adjacent to an activating group) is 1. The van der Waals surface area contributed by atoms with Crippen LogP contribution in [0.15, 0.2) is 58.2 Å². The molecule has 1 aliphatic rings. The second kappa shape index (κ2) is 9.50. The number of amides is 1. The summed E-state index contributed by atoms with van der Waals surface area (Å²) < 4.78 is 16.7. The number of oxazole rings is 1. The summed E-state index contributed by atoms with van der Waals surface area (Å²) >= 11 is 0. The highest BCUT2D eigenvalue weighted by molar-refractivity contribution is 5.88. The molecule has 2 aromatic carbocycles. The number of alkyl carbamates (subject to hydrolysis) is 1. The second-order valence-electron chi connectivity index (χ2n) is 9.01. The number of ether oxygens (including phenoxy) is 2. The molecule has 36 heavy (non-hydrogen) atoms. The van der Waals surface area contributed by atoms with E-state index < -0.39 is 6.09 Å². The van der Waals surface area contributed by atoms with E-state index in [1.807, 2.05) is 33.2 Å². The minimum Gasteiger partial charge on any atom is -0.496 e. The van der Waals surface area contributed by atoms with Crippen molar-refractivity contribution in [3.05, 3.63) is 70.3 Å². The lowest BCUT2D eigenvalue weighted by Crippen LogP contribution is -2.35. The average Bonchev–Trinajstić information content (AvgIpc) is 3.50. The first kappa shape index (κ1) is 23.6. The summed E-state index contributed by atoms with van der Waals surface area (Å²) in [7, 11) is 5.51. The fraction of sp³-hybridized carbons (Fsp3) is 0.296. The standard InChI is InChI=1S/C27H28N4O5/c1-5-29-27(33)36-24-9-15-6-7-16(8-17(15)26(24)31(2)3)20-11-22(32)18-10-19(25-13-28-14-35-25)23(34-4)12-21(18)30-20/h6-8,10-14,24,26H,5,9H2,1-4H3,(H,29,33)(H,30,32)/t24-,26?/m1/s1. The maximum atomic E-state index is 13.2. The smallest absolute Gasteiger partial charge is 0.407 e. The van der Waals surface area contributed by atoms with Gasteiger partial charge in [0.05, 0.1) is 30.4 Å². The van der Waals surface area contributed by atoms with Gasteiger partial charge in [0.1, 0.15) is 11.9 Å². The molecule has 186 valence electrons. The Kier molecular flexibility index (Phi) is 6.24. The quantitative estimate of drug-likeness (QED) is 0.420. The molecule has 0 spiro atoms. The molecule has 9 nitrogen and oxygen atoms in total.